The molecule has 0 saturated heterocycles. The summed E-state index contributed by atoms with van der Waals surface area (Å²) in [6, 6.07) is 5.45. The predicted molar refractivity (Wildman–Crippen MR) is 68.3 cm³/mol. The Balaban J connectivity index is 2.35. The van der Waals surface area contributed by atoms with Crippen molar-refractivity contribution < 1.29 is 4.74 Å². The van der Waals surface area contributed by atoms with Gasteiger partial charge in [-0.25, -0.2) is 4.98 Å². The molecule has 2 aromatic rings. The Kier molecular flexibility index (Phi) is 3.82. The van der Waals surface area contributed by atoms with Gasteiger partial charge in [-0.15, -0.1) is 11.3 Å². The van der Waals surface area contributed by atoms with Gasteiger partial charge in [-0.05, 0) is 12.1 Å². The summed E-state index contributed by atoms with van der Waals surface area (Å²) in [6.45, 7) is 0.524. The Labute approximate surface area is 108 Å². The number of thiazole rings is 1. The molecule has 0 atom stereocenters. The maximum absolute atomic E-state index is 6.11. The topological polar surface area (TPSA) is 22.1 Å². The number of aromatic nitrogens is 1. The molecule has 1 aromatic carbocycles. The molecule has 0 aliphatic heterocycles. The van der Waals surface area contributed by atoms with Crippen molar-refractivity contribution in [2.24, 2.45) is 0 Å². The van der Waals surface area contributed by atoms with Gasteiger partial charge in [-0.1, -0.05) is 29.3 Å². The van der Waals surface area contributed by atoms with E-state index in [0.717, 1.165) is 15.4 Å². The highest BCUT2D eigenvalue weighted by atomic mass is 35.5. The second kappa shape index (κ2) is 5.15. The van der Waals surface area contributed by atoms with Gasteiger partial charge in [0.1, 0.15) is 5.01 Å². The van der Waals surface area contributed by atoms with Gasteiger partial charge in [0.05, 0.1) is 16.5 Å². The van der Waals surface area contributed by atoms with Gasteiger partial charge < -0.3 is 4.74 Å². The van der Waals surface area contributed by atoms with Crippen LogP contribution < -0.4 is 0 Å². The molecule has 84 valence electrons. The minimum atomic E-state index is 0.524. The summed E-state index contributed by atoms with van der Waals surface area (Å²) in [4.78, 5) is 5.27. The molecule has 0 aliphatic carbocycles. The highest BCUT2D eigenvalue weighted by molar-refractivity contribution is 7.15. The fourth-order valence-electron chi connectivity index (χ4n) is 1.31. The van der Waals surface area contributed by atoms with Crippen LogP contribution in [0.15, 0.2) is 24.4 Å². The third-order valence-electron chi connectivity index (χ3n) is 2.02. The summed E-state index contributed by atoms with van der Waals surface area (Å²) in [5.74, 6) is 0. The first kappa shape index (κ1) is 11.9. The average Bonchev–Trinajstić information content (AvgIpc) is 2.67. The van der Waals surface area contributed by atoms with E-state index >= 15 is 0 Å². The minimum Gasteiger partial charge on any atom is -0.378 e. The summed E-state index contributed by atoms with van der Waals surface area (Å²) in [5.41, 5.74) is 0.950. The number of benzene rings is 1. The largest absolute Gasteiger partial charge is 0.378 e. The second-order valence-corrected chi connectivity index (χ2v) is 5.13. The molecule has 0 saturated carbocycles. The Morgan fingerprint density at radius 2 is 2.19 bits per heavy atom. The van der Waals surface area contributed by atoms with Crippen molar-refractivity contribution in [3.63, 3.8) is 0 Å². The Bertz CT molecular complexity index is 498. The van der Waals surface area contributed by atoms with E-state index in [2.05, 4.69) is 4.98 Å². The zero-order valence-corrected chi connectivity index (χ0v) is 10.9. The predicted octanol–water partition coefficient (Wildman–Crippen LogP) is 4.26. The van der Waals surface area contributed by atoms with E-state index in [0.29, 0.717) is 16.7 Å². The summed E-state index contributed by atoms with van der Waals surface area (Å²) in [5, 5.41) is 2.21. The lowest BCUT2D eigenvalue weighted by Crippen LogP contribution is -1.82. The zero-order chi connectivity index (χ0) is 11.5. The highest BCUT2D eigenvalue weighted by Gasteiger charge is 2.08. The van der Waals surface area contributed by atoms with Crippen LogP contribution in [-0.2, 0) is 11.3 Å². The molecule has 0 N–H and O–H groups in total. The lowest BCUT2D eigenvalue weighted by molar-refractivity contribution is 0.184. The van der Waals surface area contributed by atoms with Gasteiger partial charge in [0, 0.05) is 23.9 Å². The fraction of sp³-hybridized carbons (Fsp3) is 0.182. The molecule has 0 fully saturated rings. The zero-order valence-electron chi connectivity index (χ0n) is 8.54. The number of hydrogen-bond donors (Lipinski definition) is 0. The van der Waals surface area contributed by atoms with E-state index < -0.39 is 0 Å². The van der Waals surface area contributed by atoms with Crippen LogP contribution in [0.4, 0.5) is 0 Å². The van der Waals surface area contributed by atoms with Crippen LogP contribution in [0.25, 0.3) is 10.4 Å². The van der Waals surface area contributed by atoms with Crippen LogP contribution in [0.3, 0.4) is 0 Å². The normalized spacial score (nSPS) is 10.7. The summed E-state index contributed by atoms with van der Waals surface area (Å²) >= 11 is 13.5. The average molecular weight is 274 g/mol. The van der Waals surface area contributed by atoms with Crippen LogP contribution in [-0.4, -0.2) is 12.1 Å². The molecule has 0 unspecified atom stereocenters. The number of halogens is 2. The fourth-order valence-corrected chi connectivity index (χ4v) is 2.81. The molecule has 2 nitrogen and oxygen atoms in total. The van der Waals surface area contributed by atoms with E-state index in [1.807, 2.05) is 12.1 Å². The lowest BCUT2D eigenvalue weighted by atomic mass is 10.2. The smallest absolute Gasteiger partial charge is 0.119 e. The van der Waals surface area contributed by atoms with Gasteiger partial charge in [-0.2, -0.15) is 0 Å². The maximum atomic E-state index is 6.11. The molecular weight excluding hydrogens is 265 g/mol. The Morgan fingerprint density at radius 1 is 1.38 bits per heavy atom. The van der Waals surface area contributed by atoms with Gasteiger partial charge in [0.25, 0.3) is 0 Å². The van der Waals surface area contributed by atoms with Crippen LogP contribution in [0.5, 0.6) is 0 Å². The maximum Gasteiger partial charge on any atom is 0.119 e. The standard InChI is InChI=1S/C11H9Cl2NOS/c1-15-6-11-14-5-10(16-11)8-3-2-7(12)4-9(8)13/h2-5H,6H2,1H3. The first-order valence-corrected chi connectivity index (χ1v) is 6.17. The Hall–Kier alpha value is -0.610. The SMILES string of the molecule is COCc1ncc(-c2ccc(Cl)cc2Cl)s1. The van der Waals surface area contributed by atoms with Gasteiger partial charge >= 0.3 is 0 Å². The minimum absolute atomic E-state index is 0.524. The van der Waals surface area contributed by atoms with E-state index in [1.54, 1.807) is 30.7 Å². The molecule has 16 heavy (non-hydrogen) atoms. The first-order valence-electron chi connectivity index (χ1n) is 4.60. The van der Waals surface area contributed by atoms with E-state index in [-0.39, 0.29) is 0 Å². The van der Waals surface area contributed by atoms with Gasteiger partial charge in [0.2, 0.25) is 0 Å². The molecule has 5 heteroatoms. The summed E-state index contributed by atoms with van der Waals surface area (Å²) in [6.07, 6.45) is 1.80. The number of hydrogen-bond acceptors (Lipinski definition) is 3. The van der Waals surface area contributed by atoms with Crippen LogP contribution in [0.2, 0.25) is 10.0 Å². The molecule has 1 aromatic heterocycles. The third-order valence-corrected chi connectivity index (χ3v) is 3.57. The van der Waals surface area contributed by atoms with Crippen molar-refractivity contribution in [2.75, 3.05) is 7.11 Å². The number of rotatable bonds is 3. The number of methoxy groups -OCH3 is 1. The quantitative estimate of drug-likeness (QED) is 0.834. The number of ether oxygens (including phenoxy) is 1. The molecule has 0 spiro atoms. The summed E-state index contributed by atoms with van der Waals surface area (Å²) in [7, 11) is 1.65. The second-order valence-electron chi connectivity index (χ2n) is 3.18. The lowest BCUT2D eigenvalue weighted by Gasteiger charge is -2.00. The Morgan fingerprint density at radius 3 is 2.88 bits per heavy atom. The van der Waals surface area contributed by atoms with E-state index in [4.69, 9.17) is 27.9 Å². The monoisotopic (exact) mass is 273 g/mol. The molecule has 2 rings (SSSR count). The summed E-state index contributed by atoms with van der Waals surface area (Å²) < 4.78 is 5.02. The van der Waals surface area contributed by atoms with E-state index in [9.17, 15) is 0 Å². The molecule has 0 amide bonds. The first-order chi connectivity index (χ1) is 7.70. The van der Waals surface area contributed by atoms with E-state index in [1.165, 1.54) is 0 Å². The van der Waals surface area contributed by atoms with Crippen molar-refractivity contribution in [3.05, 3.63) is 39.4 Å². The van der Waals surface area contributed by atoms with Crippen LogP contribution in [0.1, 0.15) is 5.01 Å². The van der Waals surface area contributed by atoms with Crippen molar-refractivity contribution in [3.8, 4) is 10.4 Å². The third kappa shape index (κ3) is 2.55. The molecule has 0 bridgehead atoms. The van der Waals surface area contributed by atoms with Crippen molar-refractivity contribution in [2.45, 2.75) is 6.61 Å². The van der Waals surface area contributed by atoms with Crippen molar-refractivity contribution in [1.29, 1.82) is 0 Å². The molecule has 1 heterocycles. The van der Waals surface area contributed by atoms with Crippen LogP contribution in [0, 0.1) is 0 Å². The van der Waals surface area contributed by atoms with Gasteiger partial charge in [0.15, 0.2) is 0 Å². The number of nitrogens with zero attached hydrogens (tertiary/aromatic N) is 1. The molecule has 0 aliphatic rings. The molecule has 0 radical (unpaired) electrons. The molecular formula is C11H9Cl2NOS. The van der Waals surface area contributed by atoms with Crippen molar-refractivity contribution >= 4 is 34.5 Å². The van der Waals surface area contributed by atoms with Crippen LogP contribution >= 0.6 is 34.5 Å². The van der Waals surface area contributed by atoms with Gasteiger partial charge in [-0.3, -0.25) is 0 Å². The van der Waals surface area contributed by atoms with Crippen molar-refractivity contribution in [1.82, 2.24) is 4.98 Å². The highest BCUT2D eigenvalue weighted by Crippen LogP contribution is 2.33.